The number of amides is 1. The maximum Gasteiger partial charge on any atom is 0.220 e. The molecule has 0 spiro atoms. The van der Waals surface area contributed by atoms with Crippen molar-refractivity contribution in [1.29, 1.82) is 0 Å². The van der Waals surface area contributed by atoms with Gasteiger partial charge in [0.1, 0.15) is 5.82 Å². The van der Waals surface area contributed by atoms with E-state index in [1.54, 1.807) is 18.2 Å². The molecule has 0 saturated heterocycles. The molecule has 0 aromatic heterocycles. The van der Waals surface area contributed by atoms with Crippen LogP contribution in [0.1, 0.15) is 55.8 Å². The second-order valence-corrected chi connectivity index (χ2v) is 6.20. The van der Waals surface area contributed by atoms with Crippen molar-refractivity contribution in [2.75, 3.05) is 0 Å². The second kappa shape index (κ2) is 7.91. The van der Waals surface area contributed by atoms with Crippen LogP contribution in [0.5, 0.6) is 0 Å². The molecule has 122 valence electrons. The topological polar surface area (TPSA) is 29.1 Å². The molecule has 2 aromatic rings. The Kier molecular flexibility index (Phi) is 5.91. The van der Waals surface area contributed by atoms with Gasteiger partial charge in [0.25, 0.3) is 0 Å². The summed E-state index contributed by atoms with van der Waals surface area (Å²) in [5.41, 5.74) is 2.94. The van der Waals surface area contributed by atoms with Gasteiger partial charge in [-0.05, 0) is 42.0 Å². The second-order valence-electron chi connectivity index (χ2n) is 6.20. The lowest BCUT2D eigenvalue weighted by molar-refractivity contribution is -0.121. The maximum absolute atomic E-state index is 13.5. The molecule has 1 N–H and O–H groups in total. The summed E-state index contributed by atoms with van der Waals surface area (Å²) < 4.78 is 13.5. The van der Waals surface area contributed by atoms with E-state index in [0.717, 1.165) is 5.56 Å². The van der Waals surface area contributed by atoms with Gasteiger partial charge in [0.05, 0.1) is 6.04 Å². The SMILES string of the molecule is CC(C)c1ccc(C(C)NC(=O)CCc2ccccc2F)cc1. The lowest BCUT2D eigenvalue weighted by Gasteiger charge is -2.15. The number of nitrogens with one attached hydrogen (secondary N) is 1. The van der Waals surface area contributed by atoms with Gasteiger partial charge in [-0.15, -0.1) is 0 Å². The Morgan fingerprint density at radius 3 is 2.22 bits per heavy atom. The molecule has 23 heavy (non-hydrogen) atoms. The van der Waals surface area contributed by atoms with Crippen molar-refractivity contribution >= 4 is 5.91 Å². The quantitative estimate of drug-likeness (QED) is 0.818. The van der Waals surface area contributed by atoms with E-state index in [0.29, 0.717) is 17.9 Å². The minimum Gasteiger partial charge on any atom is -0.350 e. The zero-order chi connectivity index (χ0) is 16.8. The fourth-order valence-electron chi connectivity index (χ4n) is 2.52. The fourth-order valence-corrected chi connectivity index (χ4v) is 2.52. The molecular weight excluding hydrogens is 289 g/mol. The van der Waals surface area contributed by atoms with Crippen LogP contribution in [-0.4, -0.2) is 5.91 Å². The highest BCUT2D eigenvalue weighted by Crippen LogP contribution is 2.18. The van der Waals surface area contributed by atoms with Crippen molar-refractivity contribution < 1.29 is 9.18 Å². The molecular formula is C20H24FNO. The Morgan fingerprint density at radius 1 is 1.00 bits per heavy atom. The van der Waals surface area contributed by atoms with Gasteiger partial charge in [0.2, 0.25) is 5.91 Å². The van der Waals surface area contributed by atoms with Crippen molar-refractivity contribution in [3.63, 3.8) is 0 Å². The van der Waals surface area contributed by atoms with E-state index in [1.807, 2.05) is 6.92 Å². The molecule has 0 aliphatic rings. The average Bonchev–Trinajstić information content (AvgIpc) is 2.54. The first-order chi connectivity index (χ1) is 11.0. The molecule has 1 unspecified atom stereocenters. The number of hydrogen-bond acceptors (Lipinski definition) is 1. The third kappa shape index (κ3) is 4.92. The largest absolute Gasteiger partial charge is 0.350 e. The predicted molar refractivity (Wildman–Crippen MR) is 91.8 cm³/mol. The molecule has 1 atom stereocenters. The highest BCUT2D eigenvalue weighted by molar-refractivity contribution is 5.76. The number of halogens is 1. The normalized spacial score (nSPS) is 12.2. The van der Waals surface area contributed by atoms with Crippen LogP contribution in [0.2, 0.25) is 0 Å². The molecule has 3 heteroatoms. The minimum absolute atomic E-state index is 0.0515. The van der Waals surface area contributed by atoms with Crippen LogP contribution in [0.4, 0.5) is 4.39 Å². The van der Waals surface area contributed by atoms with Crippen LogP contribution in [-0.2, 0) is 11.2 Å². The highest BCUT2D eigenvalue weighted by Gasteiger charge is 2.11. The van der Waals surface area contributed by atoms with Crippen molar-refractivity contribution in [3.05, 3.63) is 71.0 Å². The van der Waals surface area contributed by atoms with Gasteiger partial charge in [-0.3, -0.25) is 4.79 Å². The van der Waals surface area contributed by atoms with Crippen LogP contribution in [0.25, 0.3) is 0 Å². The van der Waals surface area contributed by atoms with Crippen LogP contribution in [0.15, 0.2) is 48.5 Å². The first-order valence-electron chi connectivity index (χ1n) is 8.10. The first kappa shape index (κ1) is 17.2. The van der Waals surface area contributed by atoms with E-state index < -0.39 is 0 Å². The summed E-state index contributed by atoms with van der Waals surface area (Å²) in [6.07, 6.45) is 0.701. The summed E-state index contributed by atoms with van der Waals surface area (Å²) in [6, 6.07) is 14.8. The van der Waals surface area contributed by atoms with Gasteiger partial charge in [0, 0.05) is 6.42 Å². The Balaban J connectivity index is 1.88. The van der Waals surface area contributed by atoms with Crippen LogP contribution in [0, 0.1) is 5.82 Å². The Labute approximate surface area is 137 Å². The summed E-state index contributed by atoms with van der Waals surface area (Å²) in [5, 5.41) is 2.97. The lowest BCUT2D eigenvalue weighted by Crippen LogP contribution is -2.26. The summed E-state index contributed by atoms with van der Waals surface area (Å²) in [4.78, 5) is 12.1. The Morgan fingerprint density at radius 2 is 1.61 bits per heavy atom. The van der Waals surface area contributed by atoms with E-state index in [1.165, 1.54) is 11.6 Å². The number of rotatable bonds is 6. The third-order valence-corrected chi connectivity index (χ3v) is 4.06. The van der Waals surface area contributed by atoms with Crippen molar-refractivity contribution in [2.24, 2.45) is 0 Å². The third-order valence-electron chi connectivity index (χ3n) is 4.06. The van der Waals surface area contributed by atoms with Gasteiger partial charge in [0.15, 0.2) is 0 Å². The highest BCUT2D eigenvalue weighted by atomic mass is 19.1. The Hall–Kier alpha value is -2.16. The monoisotopic (exact) mass is 313 g/mol. The fraction of sp³-hybridized carbons (Fsp3) is 0.350. The molecule has 0 saturated carbocycles. The van der Waals surface area contributed by atoms with Gasteiger partial charge in [-0.25, -0.2) is 4.39 Å². The molecule has 0 aliphatic heterocycles. The molecule has 0 aliphatic carbocycles. The zero-order valence-electron chi connectivity index (χ0n) is 14.0. The molecule has 0 bridgehead atoms. The van der Waals surface area contributed by atoms with Gasteiger partial charge >= 0.3 is 0 Å². The molecule has 2 rings (SSSR count). The first-order valence-corrected chi connectivity index (χ1v) is 8.10. The van der Waals surface area contributed by atoms with E-state index in [4.69, 9.17) is 0 Å². The summed E-state index contributed by atoms with van der Waals surface area (Å²) in [7, 11) is 0. The summed E-state index contributed by atoms with van der Waals surface area (Å²) in [5.74, 6) is 0.182. The smallest absolute Gasteiger partial charge is 0.220 e. The number of carbonyl (C=O) groups is 1. The average molecular weight is 313 g/mol. The number of aryl methyl sites for hydroxylation is 1. The van der Waals surface area contributed by atoms with Gasteiger partial charge in [-0.2, -0.15) is 0 Å². The summed E-state index contributed by atoms with van der Waals surface area (Å²) >= 11 is 0. The zero-order valence-corrected chi connectivity index (χ0v) is 14.0. The van der Waals surface area contributed by atoms with Crippen molar-refractivity contribution in [1.82, 2.24) is 5.32 Å². The van der Waals surface area contributed by atoms with E-state index in [2.05, 4.69) is 43.4 Å². The number of carbonyl (C=O) groups excluding carboxylic acids is 1. The van der Waals surface area contributed by atoms with E-state index >= 15 is 0 Å². The van der Waals surface area contributed by atoms with Crippen LogP contribution >= 0.6 is 0 Å². The molecule has 0 fully saturated rings. The van der Waals surface area contributed by atoms with E-state index in [-0.39, 0.29) is 24.2 Å². The van der Waals surface area contributed by atoms with Crippen LogP contribution < -0.4 is 5.32 Å². The number of hydrogen-bond donors (Lipinski definition) is 1. The van der Waals surface area contributed by atoms with Gasteiger partial charge in [-0.1, -0.05) is 56.3 Å². The van der Waals surface area contributed by atoms with Crippen molar-refractivity contribution in [3.8, 4) is 0 Å². The van der Waals surface area contributed by atoms with Gasteiger partial charge < -0.3 is 5.32 Å². The number of benzene rings is 2. The molecule has 0 radical (unpaired) electrons. The molecule has 2 aromatic carbocycles. The molecule has 2 nitrogen and oxygen atoms in total. The van der Waals surface area contributed by atoms with E-state index in [9.17, 15) is 9.18 Å². The summed E-state index contributed by atoms with van der Waals surface area (Å²) in [6.45, 7) is 6.28. The van der Waals surface area contributed by atoms with Crippen LogP contribution in [0.3, 0.4) is 0 Å². The van der Waals surface area contributed by atoms with Crippen molar-refractivity contribution in [2.45, 2.75) is 45.6 Å². The lowest BCUT2D eigenvalue weighted by atomic mass is 9.99. The Bertz CT molecular complexity index is 649. The minimum atomic E-state index is -0.252. The molecule has 0 heterocycles. The predicted octanol–water partition coefficient (Wildman–Crippen LogP) is 4.76. The maximum atomic E-state index is 13.5. The molecule has 1 amide bonds. The standard InChI is InChI=1S/C20H24FNO/c1-14(2)16-8-10-17(11-9-16)15(3)22-20(23)13-12-18-6-4-5-7-19(18)21/h4-11,14-15H,12-13H2,1-3H3,(H,22,23).